The van der Waals surface area contributed by atoms with Crippen LogP contribution in [-0.2, 0) is 4.79 Å². The summed E-state index contributed by atoms with van der Waals surface area (Å²) in [6.45, 7) is 1.26. The smallest absolute Gasteiger partial charge is 0.254 e. The van der Waals surface area contributed by atoms with Gasteiger partial charge in [0.2, 0.25) is 0 Å². The first-order valence-corrected chi connectivity index (χ1v) is 5.02. The van der Waals surface area contributed by atoms with Gasteiger partial charge < -0.3 is 5.32 Å². The zero-order valence-electron chi connectivity index (χ0n) is 8.01. The molecule has 80 valence electrons. The van der Waals surface area contributed by atoms with Gasteiger partial charge in [-0.1, -0.05) is 15.9 Å². The average molecular weight is 274 g/mol. The molecule has 0 spiro atoms. The highest BCUT2D eigenvalue weighted by Crippen LogP contribution is 2.14. The maximum Gasteiger partial charge on any atom is 0.254 e. The highest BCUT2D eigenvalue weighted by molar-refractivity contribution is 9.10. The van der Waals surface area contributed by atoms with Gasteiger partial charge in [-0.25, -0.2) is 4.39 Å². The lowest BCUT2D eigenvalue weighted by molar-refractivity contribution is -0.116. The van der Waals surface area contributed by atoms with Crippen molar-refractivity contribution in [3.05, 3.63) is 34.1 Å². The van der Waals surface area contributed by atoms with Gasteiger partial charge in [-0.05, 0) is 25.1 Å². The van der Waals surface area contributed by atoms with E-state index in [1.54, 1.807) is 6.07 Å². The molecule has 1 rings (SSSR count). The number of benzene rings is 1. The maximum absolute atomic E-state index is 13.2. The topological polar surface area (TPSA) is 46.2 Å². The predicted molar refractivity (Wildman–Crippen MR) is 57.1 cm³/mol. The Balaban J connectivity index is 2.78. The molecule has 0 bridgehead atoms. The first-order chi connectivity index (χ1) is 7.00. The summed E-state index contributed by atoms with van der Waals surface area (Å²) >= 11 is 3.08. The Morgan fingerprint density at radius 3 is 2.67 bits per heavy atom. The molecule has 15 heavy (non-hydrogen) atoms. The fourth-order valence-corrected chi connectivity index (χ4v) is 1.31. The van der Waals surface area contributed by atoms with Crippen LogP contribution >= 0.6 is 15.9 Å². The molecule has 0 aliphatic rings. The van der Waals surface area contributed by atoms with Crippen molar-refractivity contribution in [1.82, 2.24) is 5.32 Å². The predicted octanol–water partition coefficient (Wildman–Crippen LogP) is 1.91. The van der Waals surface area contributed by atoms with Gasteiger partial charge in [0.25, 0.3) is 5.91 Å². The van der Waals surface area contributed by atoms with E-state index in [4.69, 9.17) is 0 Å². The zero-order chi connectivity index (χ0) is 11.4. The van der Waals surface area contributed by atoms with Crippen LogP contribution in [0.25, 0.3) is 0 Å². The molecule has 0 unspecified atom stereocenters. The highest BCUT2D eigenvalue weighted by Gasteiger charge is 2.11. The highest BCUT2D eigenvalue weighted by atomic mass is 79.9. The summed E-state index contributed by atoms with van der Waals surface area (Å²) in [6.07, 6.45) is 0. The number of rotatable bonds is 3. The van der Waals surface area contributed by atoms with Crippen molar-refractivity contribution in [2.75, 3.05) is 6.54 Å². The molecule has 3 nitrogen and oxygen atoms in total. The second kappa shape index (κ2) is 5.02. The molecule has 0 radical (unpaired) electrons. The van der Waals surface area contributed by atoms with Gasteiger partial charge in [0.05, 0.1) is 12.1 Å². The lowest BCUT2D eigenvalue weighted by Crippen LogP contribution is -2.28. The lowest BCUT2D eigenvalue weighted by atomic mass is 10.2. The van der Waals surface area contributed by atoms with Crippen LogP contribution in [0.5, 0.6) is 0 Å². The van der Waals surface area contributed by atoms with Crippen LogP contribution in [0.2, 0.25) is 0 Å². The summed E-state index contributed by atoms with van der Waals surface area (Å²) < 4.78 is 13.8. The molecule has 1 aromatic carbocycles. The summed E-state index contributed by atoms with van der Waals surface area (Å²) in [6, 6.07) is 4.11. The number of nitrogens with one attached hydrogen (secondary N) is 1. The SMILES string of the molecule is CC(=O)CNC(=O)c1ccc(Br)cc1F. The molecule has 0 aliphatic heterocycles. The Bertz CT molecular complexity index is 406. The molecule has 5 heteroatoms. The number of Topliss-reactive ketones (excluding diaryl/α,β-unsaturated/α-hetero) is 1. The maximum atomic E-state index is 13.2. The standard InChI is InChI=1S/C10H9BrFNO2/c1-6(14)5-13-10(15)8-3-2-7(11)4-9(8)12/h2-4H,5H2,1H3,(H,13,15). The van der Waals surface area contributed by atoms with E-state index < -0.39 is 11.7 Å². The number of carbonyl (C=O) groups excluding carboxylic acids is 2. The molecular formula is C10H9BrFNO2. The third-order valence-electron chi connectivity index (χ3n) is 1.67. The molecule has 0 fully saturated rings. The first kappa shape index (κ1) is 11.8. The van der Waals surface area contributed by atoms with Gasteiger partial charge in [0, 0.05) is 4.47 Å². The summed E-state index contributed by atoms with van der Waals surface area (Å²) in [4.78, 5) is 22.0. The average Bonchev–Trinajstić information content (AvgIpc) is 2.14. The van der Waals surface area contributed by atoms with Crippen molar-refractivity contribution in [3.63, 3.8) is 0 Å². The van der Waals surface area contributed by atoms with Gasteiger partial charge in [0.15, 0.2) is 0 Å². The summed E-state index contributed by atoms with van der Waals surface area (Å²) in [5.74, 6) is -1.39. The van der Waals surface area contributed by atoms with Crippen LogP contribution in [0.1, 0.15) is 17.3 Å². The summed E-state index contributed by atoms with van der Waals surface area (Å²) in [5, 5.41) is 2.31. The van der Waals surface area contributed by atoms with E-state index in [1.165, 1.54) is 19.1 Å². The van der Waals surface area contributed by atoms with E-state index in [1.807, 2.05) is 0 Å². The molecule has 0 saturated heterocycles. The van der Waals surface area contributed by atoms with Crippen LogP contribution in [0.4, 0.5) is 4.39 Å². The fourth-order valence-electron chi connectivity index (χ4n) is 0.974. The minimum Gasteiger partial charge on any atom is -0.345 e. The molecule has 0 aliphatic carbocycles. The van der Waals surface area contributed by atoms with Gasteiger partial charge >= 0.3 is 0 Å². The van der Waals surface area contributed by atoms with Crippen molar-refractivity contribution in [2.45, 2.75) is 6.92 Å². The van der Waals surface area contributed by atoms with E-state index in [-0.39, 0.29) is 17.9 Å². The fraction of sp³-hybridized carbons (Fsp3) is 0.200. The van der Waals surface area contributed by atoms with Crippen molar-refractivity contribution in [3.8, 4) is 0 Å². The number of ketones is 1. The van der Waals surface area contributed by atoms with E-state index in [0.717, 1.165) is 0 Å². The van der Waals surface area contributed by atoms with Gasteiger partial charge in [-0.3, -0.25) is 9.59 Å². The molecule has 0 saturated carbocycles. The van der Waals surface area contributed by atoms with Crippen molar-refractivity contribution >= 4 is 27.6 Å². The number of carbonyl (C=O) groups is 2. The van der Waals surface area contributed by atoms with Crippen molar-refractivity contribution in [2.24, 2.45) is 0 Å². The third-order valence-corrected chi connectivity index (χ3v) is 2.17. The summed E-state index contributed by atoms with van der Waals surface area (Å²) in [5.41, 5.74) is -0.0700. The minimum absolute atomic E-state index is 0.0700. The number of amides is 1. The Labute approximate surface area is 94.8 Å². The first-order valence-electron chi connectivity index (χ1n) is 4.23. The summed E-state index contributed by atoms with van der Waals surface area (Å²) in [7, 11) is 0. The molecule has 0 aromatic heterocycles. The van der Waals surface area contributed by atoms with Crippen LogP contribution < -0.4 is 5.32 Å². The second-order valence-electron chi connectivity index (χ2n) is 3.01. The largest absolute Gasteiger partial charge is 0.345 e. The monoisotopic (exact) mass is 273 g/mol. The Morgan fingerprint density at radius 1 is 1.47 bits per heavy atom. The van der Waals surface area contributed by atoms with Crippen LogP contribution in [0.15, 0.2) is 22.7 Å². The van der Waals surface area contributed by atoms with Crippen LogP contribution in [-0.4, -0.2) is 18.2 Å². The van der Waals surface area contributed by atoms with Gasteiger partial charge in [-0.2, -0.15) is 0 Å². The lowest BCUT2D eigenvalue weighted by Gasteiger charge is -2.04. The molecular weight excluding hydrogens is 265 g/mol. The van der Waals surface area contributed by atoms with E-state index in [2.05, 4.69) is 21.2 Å². The van der Waals surface area contributed by atoms with E-state index in [0.29, 0.717) is 4.47 Å². The molecule has 1 amide bonds. The van der Waals surface area contributed by atoms with E-state index >= 15 is 0 Å². The molecule has 1 aromatic rings. The zero-order valence-corrected chi connectivity index (χ0v) is 9.60. The van der Waals surface area contributed by atoms with Crippen molar-refractivity contribution < 1.29 is 14.0 Å². The Kier molecular flexibility index (Phi) is 3.96. The molecule has 1 N–H and O–H groups in total. The number of hydrogen-bond donors (Lipinski definition) is 1. The Morgan fingerprint density at radius 2 is 2.13 bits per heavy atom. The normalized spacial score (nSPS) is 9.80. The van der Waals surface area contributed by atoms with Crippen LogP contribution in [0, 0.1) is 5.82 Å². The second-order valence-corrected chi connectivity index (χ2v) is 3.92. The third kappa shape index (κ3) is 3.43. The molecule has 0 heterocycles. The quantitative estimate of drug-likeness (QED) is 0.915. The number of halogens is 2. The number of hydrogen-bond acceptors (Lipinski definition) is 2. The van der Waals surface area contributed by atoms with E-state index in [9.17, 15) is 14.0 Å². The molecule has 0 atom stereocenters. The minimum atomic E-state index is -0.620. The Hall–Kier alpha value is -1.23. The van der Waals surface area contributed by atoms with Crippen molar-refractivity contribution in [1.29, 1.82) is 0 Å². The van der Waals surface area contributed by atoms with Crippen LogP contribution in [0.3, 0.4) is 0 Å². The van der Waals surface area contributed by atoms with Gasteiger partial charge in [-0.15, -0.1) is 0 Å². The van der Waals surface area contributed by atoms with Gasteiger partial charge in [0.1, 0.15) is 11.6 Å².